The Morgan fingerprint density at radius 1 is 1.42 bits per heavy atom. The molecular formula is C15H29N3O. The maximum absolute atomic E-state index is 11.8. The second-order valence-electron chi connectivity index (χ2n) is 6.31. The Labute approximate surface area is 117 Å². The quantitative estimate of drug-likeness (QED) is 0.729. The summed E-state index contributed by atoms with van der Waals surface area (Å²) in [5, 5.41) is 6.44. The number of nitrogens with one attached hydrogen (secondary N) is 2. The Balaban J connectivity index is 1.52. The van der Waals surface area contributed by atoms with Crippen molar-refractivity contribution in [2.75, 3.05) is 39.3 Å². The van der Waals surface area contributed by atoms with Gasteiger partial charge in [0.05, 0.1) is 0 Å². The van der Waals surface area contributed by atoms with Crippen LogP contribution in [0, 0.1) is 11.8 Å². The number of carbonyl (C=O) groups excluding carboxylic acids is 1. The summed E-state index contributed by atoms with van der Waals surface area (Å²) in [5.41, 5.74) is 0. The fraction of sp³-hybridized carbons (Fsp3) is 0.933. The molecule has 2 rings (SSSR count). The van der Waals surface area contributed by atoms with Crippen LogP contribution in [-0.4, -0.2) is 50.1 Å². The predicted octanol–water partition coefficient (Wildman–Crippen LogP) is 1.22. The molecule has 0 aromatic heterocycles. The summed E-state index contributed by atoms with van der Waals surface area (Å²) < 4.78 is 0. The van der Waals surface area contributed by atoms with E-state index >= 15 is 0 Å². The van der Waals surface area contributed by atoms with Crippen LogP contribution in [0.3, 0.4) is 0 Å². The molecule has 0 bridgehead atoms. The Bertz CT molecular complexity index is 271. The fourth-order valence-corrected chi connectivity index (χ4v) is 3.14. The van der Waals surface area contributed by atoms with Crippen molar-refractivity contribution in [1.82, 2.24) is 15.5 Å². The van der Waals surface area contributed by atoms with Gasteiger partial charge in [0.25, 0.3) is 0 Å². The molecule has 0 aromatic carbocycles. The van der Waals surface area contributed by atoms with Crippen molar-refractivity contribution >= 4 is 5.91 Å². The molecule has 2 N–H and O–H groups in total. The van der Waals surface area contributed by atoms with Gasteiger partial charge >= 0.3 is 0 Å². The summed E-state index contributed by atoms with van der Waals surface area (Å²) in [7, 11) is 0. The average Bonchev–Trinajstić information content (AvgIpc) is 3.06. The van der Waals surface area contributed by atoms with E-state index in [0.717, 1.165) is 32.6 Å². The van der Waals surface area contributed by atoms with Crippen molar-refractivity contribution in [1.29, 1.82) is 0 Å². The van der Waals surface area contributed by atoms with Gasteiger partial charge in [0, 0.05) is 19.5 Å². The summed E-state index contributed by atoms with van der Waals surface area (Å²) in [4.78, 5) is 14.3. The number of amides is 1. The van der Waals surface area contributed by atoms with Crippen molar-refractivity contribution in [3.05, 3.63) is 0 Å². The van der Waals surface area contributed by atoms with Crippen molar-refractivity contribution in [3.8, 4) is 0 Å². The second-order valence-corrected chi connectivity index (χ2v) is 6.31. The van der Waals surface area contributed by atoms with Gasteiger partial charge in [0.2, 0.25) is 5.91 Å². The minimum absolute atomic E-state index is 0.236. The smallest absolute Gasteiger partial charge is 0.220 e. The molecule has 4 heteroatoms. The zero-order valence-electron chi connectivity index (χ0n) is 12.3. The Morgan fingerprint density at radius 3 is 2.89 bits per heavy atom. The van der Waals surface area contributed by atoms with E-state index < -0.39 is 0 Å². The van der Waals surface area contributed by atoms with Gasteiger partial charge in [-0.05, 0) is 63.7 Å². The second kappa shape index (κ2) is 7.85. The minimum Gasteiger partial charge on any atom is -0.356 e. The molecule has 0 aliphatic carbocycles. The maximum atomic E-state index is 11.8. The van der Waals surface area contributed by atoms with E-state index in [0.29, 0.717) is 18.3 Å². The molecule has 2 aliphatic rings. The molecule has 2 unspecified atom stereocenters. The van der Waals surface area contributed by atoms with Crippen LogP contribution < -0.4 is 10.6 Å². The van der Waals surface area contributed by atoms with Crippen LogP contribution in [0.2, 0.25) is 0 Å². The first-order valence-corrected chi connectivity index (χ1v) is 7.94. The van der Waals surface area contributed by atoms with E-state index in [4.69, 9.17) is 0 Å². The van der Waals surface area contributed by atoms with E-state index in [-0.39, 0.29) is 5.91 Å². The van der Waals surface area contributed by atoms with E-state index in [2.05, 4.69) is 22.5 Å². The lowest BCUT2D eigenvalue weighted by molar-refractivity contribution is -0.121. The number of rotatable bonds is 7. The molecule has 1 amide bonds. The van der Waals surface area contributed by atoms with Crippen LogP contribution in [0.25, 0.3) is 0 Å². The fourth-order valence-electron chi connectivity index (χ4n) is 3.14. The first-order chi connectivity index (χ1) is 9.24. The van der Waals surface area contributed by atoms with Crippen molar-refractivity contribution in [2.45, 2.75) is 39.0 Å². The molecule has 0 radical (unpaired) electrons. The zero-order valence-corrected chi connectivity index (χ0v) is 12.3. The molecule has 19 heavy (non-hydrogen) atoms. The third-order valence-electron chi connectivity index (χ3n) is 4.36. The highest BCUT2D eigenvalue weighted by Crippen LogP contribution is 2.14. The Kier molecular flexibility index (Phi) is 6.11. The van der Waals surface area contributed by atoms with Gasteiger partial charge in [-0.1, -0.05) is 6.92 Å². The number of hydrogen-bond acceptors (Lipinski definition) is 3. The van der Waals surface area contributed by atoms with Gasteiger partial charge in [0.1, 0.15) is 0 Å². The number of likely N-dealkylation sites (tertiary alicyclic amines) is 1. The van der Waals surface area contributed by atoms with Crippen LogP contribution >= 0.6 is 0 Å². The molecule has 0 aromatic rings. The van der Waals surface area contributed by atoms with Crippen molar-refractivity contribution in [2.24, 2.45) is 11.8 Å². The normalized spacial score (nSPS) is 25.6. The highest BCUT2D eigenvalue weighted by molar-refractivity contribution is 5.75. The standard InChI is InChI=1S/C15H29N3O/c1-13(12-18-8-2-3-9-18)10-17-15(19)5-4-14-6-7-16-11-14/h13-14,16H,2-12H2,1H3,(H,17,19). The molecule has 2 fully saturated rings. The topological polar surface area (TPSA) is 44.4 Å². The molecule has 0 spiro atoms. The Hall–Kier alpha value is -0.610. The Morgan fingerprint density at radius 2 is 2.21 bits per heavy atom. The van der Waals surface area contributed by atoms with Crippen LogP contribution in [-0.2, 0) is 4.79 Å². The highest BCUT2D eigenvalue weighted by atomic mass is 16.1. The van der Waals surface area contributed by atoms with Gasteiger partial charge in [-0.25, -0.2) is 0 Å². The molecule has 2 heterocycles. The van der Waals surface area contributed by atoms with Gasteiger partial charge < -0.3 is 15.5 Å². The minimum atomic E-state index is 0.236. The van der Waals surface area contributed by atoms with Crippen LogP contribution in [0.1, 0.15) is 39.0 Å². The van der Waals surface area contributed by atoms with Crippen LogP contribution in [0.15, 0.2) is 0 Å². The number of hydrogen-bond donors (Lipinski definition) is 2. The lowest BCUT2D eigenvalue weighted by atomic mass is 10.0. The summed E-state index contributed by atoms with van der Waals surface area (Å²) in [6.45, 7) is 8.91. The van der Waals surface area contributed by atoms with Crippen LogP contribution in [0.4, 0.5) is 0 Å². The van der Waals surface area contributed by atoms with E-state index in [1.165, 1.54) is 32.4 Å². The molecule has 0 saturated carbocycles. The van der Waals surface area contributed by atoms with Gasteiger partial charge in [-0.15, -0.1) is 0 Å². The summed E-state index contributed by atoms with van der Waals surface area (Å²) in [6, 6.07) is 0. The average molecular weight is 267 g/mol. The molecule has 2 saturated heterocycles. The highest BCUT2D eigenvalue weighted by Gasteiger charge is 2.17. The molecule has 110 valence electrons. The molecule has 2 aliphatic heterocycles. The van der Waals surface area contributed by atoms with Gasteiger partial charge in [-0.3, -0.25) is 4.79 Å². The SMILES string of the molecule is CC(CNC(=O)CCC1CCNC1)CN1CCCC1. The summed E-state index contributed by atoms with van der Waals surface area (Å²) in [5.74, 6) is 1.52. The zero-order chi connectivity index (χ0) is 13.5. The van der Waals surface area contributed by atoms with E-state index in [1.54, 1.807) is 0 Å². The van der Waals surface area contributed by atoms with Crippen molar-refractivity contribution < 1.29 is 4.79 Å². The predicted molar refractivity (Wildman–Crippen MR) is 78.1 cm³/mol. The van der Waals surface area contributed by atoms with Crippen molar-refractivity contribution in [3.63, 3.8) is 0 Å². The van der Waals surface area contributed by atoms with Gasteiger partial charge in [0.15, 0.2) is 0 Å². The monoisotopic (exact) mass is 267 g/mol. The van der Waals surface area contributed by atoms with Gasteiger partial charge in [-0.2, -0.15) is 0 Å². The first kappa shape index (κ1) is 14.8. The summed E-state index contributed by atoms with van der Waals surface area (Å²) in [6.07, 6.45) is 5.66. The lowest BCUT2D eigenvalue weighted by Crippen LogP contribution is -2.34. The van der Waals surface area contributed by atoms with E-state index in [9.17, 15) is 4.79 Å². The first-order valence-electron chi connectivity index (χ1n) is 7.94. The third kappa shape index (κ3) is 5.49. The number of nitrogens with zero attached hydrogens (tertiary/aromatic N) is 1. The maximum Gasteiger partial charge on any atom is 0.220 e. The number of carbonyl (C=O) groups is 1. The largest absolute Gasteiger partial charge is 0.356 e. The third-order valence-corrected chi connectivity index (χ3v) is 4.36. The summed E-state index contributed by atoms with van der Waals surface area (Å²) >= 11 is 0. The lowest BCUT2D eigenvalue weighted by Gasteiger charge is -2.20. The van der Waals surface area contributed by atoms with E-state index in [1.807, 2.05) is 0 Å². The molecular weight excluding hydrogens is 238 g/mol. The molecule has 2 atom stereocenters. The van der Waals surface area contributed by atoms with Crippen LogP contribution in [0.5, 0.6) is 0 Å². The molecule has 4 nitrogen and oxygen atoms in total.